The van der Waals surface area contributed by atoms with Crippen LogP contribution in [-0.2, 0) is 4.79 Å². The lowest BCUT2D eigenvalue weighted by Crippen LogP contribution is -2.34. The van der Waals surface area contributed by atoms with Crippen LogP contribution in [0, 0.1) is 5.92 Å². The molecule has 0 fully saturated rings. The van der Waals surface area contributed by atoms with Gasteiger partial charge in [0.05, 0.1) is 0 Å². The first-order valence-corrected chi connectivity index (χ1v) is 4.81. The average Bonchev–Trinajstić information content (AvgIpc) is 2.09. The van der Waals surface area contributed by atoms with E-state index in [9.17, 15) is 4.79 Å². The van der Waals surface area contributed by atoms with Crippen molar-refractivity contribution in [2.45, 2.75) is 26.3 Å². The normalized spacial score (nSPS) is 13.7. The Balaban J connectivity index is 3.76. The highest BCUT2D eigenvalue weighted by molar-refractivity contribution is 5.79. The third kappa shape index (κ3) is 6.62. The van der Waals surface area contributed by atoms with Crippen LogP contribution in [0.3, 0.4) is 0 Å². The fraction of sp³-hybridized carbons (Fsp3) is 0.700. The van der Waals surface area contributed by atoms with Gasteiger partial charge in [-0.2, -0.15) is 0 Å². The number of aliphatic carboxylic acids is 1. The van der Waals surface area contributed by atoms with Gasteiger partial charge in [-0.05, 0) is 12.3 Å². The summed E-state index contributed by atoms with van der Waals surface area (Å²) in [6, 6.07) is 0.235. The minimum Gasteiger partial charge on any atom is -0.478 e. The summed E-state index contributed by atoms with van der Waals surface area (Å²) in [5.41, 5.74) is 0. The molecule has 0 bridgehead atoms. The molecular weight excluding hydrogens is 182 g/mol. The number of hydrogen-bond acceptors (Lipinski definition) is 3. The van der Waals surface area contributed by atoms with Crippen molar-refractivity contribution in [3.8, 4) is 0 Å². The molecular formula is C10H19NO3. The molecule has 4 nitrogen and oxygen atoms in total. The molecule has 3 N–H and O–H groups in total. The summed E-state index contributed by atoms with van der Waals surface area (Å²) in [6.07, 6.45) is 3.37. The van der Waals surface area contributed by atoms with Crippen LogP contribution in [0.25, 0.3) is 0 Å². The van der Waals surface area contributed by atoms with Gasteiger partial charge in [-0.25, -0.2) is 4.79 Å². The van der Waals surface area contributed by atoms with Crippen molar-refractivity contribution in [2.24, 2.45) is 5.92 Å². The van der Waals surface area contributed by atoms with E-state index in [1.165, 1.54) is 0 Å². The van der Waals surface area contributed by atoms with Crippen molar-refractivity contribution < 1.29 is 15.0 Å². The third-order valence-corrected chi connectivity index (χ3v) is 2.00. The van der Waals surface area contributed by atoms with Crippen LogP contribution >= 0.6 is 0 Å². The first-order valence-electron chi connectivity index (χ1n) is 4.81. The van der Waals surface area contributed by atoms with E-state index in [0.29, 0.717) is 18.9 Å². The van der Waals surface area contributed by atoms with Gasteiger partial charge in [0.1, 0.15) is 0 Å². The summed E-state index contributed by atoms with van der Waals surface area (Å²) in [6.45, 7) is 4.80. The maximum atomic E-state index is 10.1. The summed E-state index contributed by atoms with van der Waals surface area (Å²) < 4.78 is 0. The Kier molecular flexibility index (Phi) is 7.06. The van der Waals surface area contributed by atoms with Gasteiger partial charge in [-0.1, -0.05) is 19.9 Å². The van der Waals surface area contributed by atoms with Crippen LogP contribution < -0.4 is 5.32 Å². The van der Waals surface area contributed by atoms with Crippen LogP contribution in [0.2, 0.25) is 0 Å². The minimum atomic E-state index is -0.935. The van der Waals surface area contributed by atoms with Gasteiger partial charge < -0.3 is 15.5 Å². The number of carboxylic acids is 1. The monoisotopic (exact) mass is 201 g/mol. The van der Waals surface area contributed by atoms with Crippen LogP contribution in [-0.4, -0.2) is 35.4 Å². The number of hydrogen-bond donors (Lipinski definition) is 3. The molecule has 0 aliphatic heterocycles. The molecule has 0 aliphatic carbocycles. The molecule has 82 valence electrons. The van der Waals surface area contributed by atoms with Crippen molar-refractivity contribution >= 4 is 5.97 Å². The Bertz CT molecular complexity index is 190. The van der Waals surface area contributed by atoms with E-state index in [1.54, 1.807) is 6.08 Å². The van der Waals surface area contributed by atoms with Crippen molar-refractivity contribution in [3.05, 3.63) is 12.2 Å². The molecule has 0 spiro atoms. The van der Waals surface area contributed by atoms with Crippen molar-refractivity contribution in [1.29, 1.82) is 0 Å². The molecule has 14 heavy (non-hydrogen) atoms. The van der Waals surface area contributed by atoms with E-state index < -0.39 is 5.97 Å². The number of aliphatic hydroxyl groups is 1. The highest BCUT2D eigenvalue weighted by Gasteiger charge is 2.10. The second-order valence-corrected chi connectivity index (χ2v) is 3.51. The third-order valence-electron chi connectivity index (χ3n) is 2.00. The molecule has 0 aromatic rings. The second kappa shape index (κ2) is 7.53. The largest absolute Gasteiger partial charge is 0.478 e. The molecule has 0 aromatic heterocycles. The Hall–Kier alpha value is -0.870. The zero-order valence-corrected chi connectivity index (χ0v) is 8.73. The molecule has 1 atom stereocenters. The zero-order chi connectivity index (χ0) is 11.0. The highest BCUT2D eigenvalue weighted by Crippen LogP contribution is 2.04. The Labute approximate surface area is 84.6 Å². The smallest absolute Gasteiger partial charge is 0.328 e. The number of aliphatic hydroxyl groups excluding tert-OH is 1. The Morgan fingerprint density at radius 2 is 2.14 bits per heavy atom. The summed E-state index contributed by atoms with van der Waals surface area (Å²) in [5, 5.41) is 20.3. The first-order chi connectivity index (χ1) is 6.57. The van der Waals surface area contributed by atoms with Crippen molar-refractivity contribution in [1.82, 2.24) is 5.32 Å². The van der Waals surface area contributed by atoms with E-state index in [1.807, 2.05) is 0 Å². The molecule has 0 rings (SSSR count). The summed E-state index contributed by atoms with van der Waals surface area (Å²) in [5.74, 6) is -0.504. The fourth-order valence-electron chi connectivity index (χ4n) is 1.19. The predicted octanol–water partition coefficient (Wildman–Crippen LogP) is 0.624. The lowest BCUT2D eigenvalue weighted by atomic mass is 10.0. The van der Waals surface area contributed by atoms with Crippen molar-refractivity contribution in [2.75, 3.05) is 13.2 Å². The topological polar surface area (TPSA) is 69.6 Å². The lowest BCUT2D eigenvalue weighted by molar-refractivity contribution is -0.131. The summed E-state index contributed by atoms with van der Waals surface area (Å²) in [7, 11) is 0. The molecule has 4 heteroatoms. The Morgan fingerprint density at radius 1 is 1.50 bits per heavy atom. The summed E-state index contributed by atoms with van der Waals surface area (Å²) in [4.78, 5) is 10.1. The fourth-order valence-corrected chi connectivity index (χ4v) is 1.19. The number of rotatable bonds is 7. The average molecular weight is 201 g/mol. The maximum Gasteiger partial charge on any atom is 0.328 e. The molecule has 1 unspecified atom stereocenters. The van der Waals surface area contributed by atoms with Gasteiger partial charge in [0.15, 0.2) is 0 Å². The molecule has 0 saturated carbocycles. The zero-order valence-electron chi connectivity index (χ0n) is 8.73. The van der Waals surface area contributed by atoms with Gasteiger partial charge in [-0.3, -0.25) is 0 Å². The quantitative estimate of drug-likeness (QED) is 0.528. The van der Waals surface area contributed by atoms with Gasteiger partial charge in [0, 0.05) is 25.3 Å². The first kappa shape index (κ1) is 13.1. The molecule has 0 amide bonds. The van der Waals surface area contributed by atoms with Gasteiger partial charge in [-0.15, -0.1) is 0 Å². The predicted molar refractivity (Wildman–Crippen MR) is 55.1 cm³/mol. The van der Waals surface area contributed by atoms with Crippen molar-refractivity contribution in [3.63, 3.8) is 0 Å². The number of carboxylic acid groups (broad SMARTS) is 1. The van der Waals surface area contributed by atoms with Crippen LogP contribution in [0.4, 0.5) is 0 Å². The molecule has 0 aliphatic rings. The molecule has 0 saturated heterocycles. The van der Waals surface area contributed by atoms with Gasteiger partial charge >= 0.3 is 5.97 Å². The maximum absolute atomic E-state index is 10.1. The Morgan fingerprint density at radius 3 is 2.57 bits per heavy atom. The lowest BCUT2D eigenvalue weighted by Gasteiger charge is -2.20. The van der Waals surface area contributed by atoms with E-state index in [4.69, 9.17) is 10.2 Å². The van der Waals surface area contributed by atoms with E-state index in [0.717, 1.165) is 6.08 Å². The van der Waals surface area contributed by atoms with E-state index >= 15 is 0 Å². The SMILES string of the molecule is CC(C)C(CCO)NC/C=C/C(=O)O. The number of nitrogens with one attached hydrogen (secondary N) is 1. The number of carbonyl (C=O) groups is 1. The standard InChI is InChI=1S/C10H19NO3/c1-8(2)9(5-7-12)11-6-3-4-10(13)14/h3-4,8-9,11-12H,5-7H2,1-2H3,(H,13,14)/b4-3+. The second-order valence-electron chi connectivity index (χ2n) is 3.51. The van der Waals surface area contributed by atoms with Gasteiger partial charge in [0.2, 0.25) is 0 Å². The van der Waals surface area contributed by atoms with Crippen LogP contribution in [0.1, 0.15) is 20.3 Å². The molecule has 0 heterocycles. The van der Waals surface area contributed by atoms with Crippen LogP contribution in [0.5, 0.6) is 0 Å². The minimum absolute atomic E-state index is 0.151. The highest BCUT2D eigenvalue weighted by atomic mass is 16.4. The summed E-state index contributed by atoms with van der Waals surface area (Å²) >= 11 is 0. The van der Waals surface area contributed by atoms with Gasteiger partial charge in [0.25, 0.3) is 0 Å². The van der Waals surface area contributed by atoms with E-state index in [-0.39, 0.29) is 12.6 Å². The molecule has 0 aromatic carbocycles. The van der Waals surface area contributed by atoms with Crippen LogP contribution in [0.15, 0.2) is 12.2 Å². The molecule has 0 radical (unpaired) electrons. The van der Waals surface area contributed by atoms with E-state index in [2.05, 4.69) is 19.2 Å².